The molecular formula is C20H22IN3O2. The first-order valence-corrected chi connectivity index (χ1v) is 9.80. The predicted molar refractivity (Wildman–Crippen MR) is 112 cm³/mol. The highest BCUT2D eigenvalue weighted by Gasteiger charge is 2.14. The van der Waals surface area contributed by atoms with E-state index in [4.69, 9.17) is 4.74 Å². The molecule has 0 fully saturated rings. The van der Waals surface area contributed by atoms with Gasteiger partial charge in [-0.15, -0.1) is 0 Å². The molecule has 5 nitrogen and oxygen atoms in total. The molecule has 6 heteroatoms. The Balaban J connectivity index is 1.66. The van der Waals surface area contributed by atoms with Crippen molar-refractivity contribution in [2.45, 2.75) is 32.7 Å². The molecule has 0 aliphatic carbocycles. The van der Waals surface area contributed by atoms with Crippen molar-refractivity contribution in [1.29, 1.82) is 0 Å². The maximum absolute atomic E-state index is 12.0. The fraction of sp³-hybridized carbons (Fsp3) is 0.300. The standard InChI is InChI=1S/C20H22IN3O2/c1-3-26-20(25)18-13-22-24-11-10-17(12-19(18)24)23-14(2)4-5-15-6-8-16(21)9-7-15/h6-14,23H,3-5H2,1-2H3. The van der Waals surface area contributed by atoms with Crippen LogP contribution in [0, 0.1) is 3.57 Å². The second-order valence-corrected chi connectivity index (χ2v) is 7.48. The fourth-order valence-electron chi connectivity index (χ4n) is 2.83. The van der Waals surface area contributed by atoms with E-state index in [-0.39, 0.29) is 5.97 Å². The SMILES string of the molecule is CCOC(=O)c1cnn2ccc(NC(C)CCc3ccc(I)cc3)cc12. The molecule has 0 amide bonds. The third-order valence-electron chi connectivity index (χ3n) is 4.21. The number of ether oxygens (including phenoxy) is 1. The lowest BCUT2D eigenvalue weighted by atomic mass is 10.1. The Morgan fingerprint density at radius 1 is 1.31 bits per heavy atom. The molecule has 0 bridgehead atoms. The van der Waals surface area contributed by atoms with E-state index < -0.39 is 0 Å². The lowest BCUT2D eigenvalue weighted by Gasteiger charge is -2.15. The molecule has 1 aromatic carbocycles. The molecule has 26 heavy (non-hydrogen) atoms. The lowest BCUT2D eigenvalue weighted by molar-refractivity contribution is 0.0528. The van der Waals surface area contributed by atoms with Crippen LogP contribution in [0.4, 0.5) is 5.69 Å². The van der Waals surface area contributed by atoms with Crippen molar-refractivity contribution in [3.63, 3.8) is 0 Å². The van der Waals surface area contributed by atoms with Gasteiger partial charge in [0, 0.05) is 21.5 Å². The molecule has 0 radical (unpaired) electrons. The van der Waals surface area contributed by atoms with Crippen LogP contribution >= 0.6 is 22.6 Å². The van der Waals surface area contributed by atoms with Crippen LogP contribution in [-0.4, -0.2) is 28.2 Å². The van der Waals surface area contributed by atoms with Gasteiger partial charge in [0.25, 0.3) is 0 Å². The zero-order valence-electron chi connectivity index (χ0n) is 14.9. The van der Waals surface area contributed by atoms with Gasteiger partial charge >= 0.3 is 5.97 Å². The van der Waals surface area contributed by atoms with Gasteiger partial charge in [-0.05, 0) is 79.1 Å². The minimum Gasteiger partial charge on any atom is -0.462 e. The number of esters is 1. The van der Waals surface area contributed by atoms with Crippen molar-refractivity contribution in [3.05, 3.63) is 63.5 Å². The Morgan fingerprint density at radius 3 is 2.81 bits per heavy atom. The van der Waals surface area contributed by atoms with E-state index >= 15 is 0 Å². The van der Waals surface area contributed by atoms with Crippen LogP contribution < -0.4 is 5.32 Å². The minimum absolute atomic E-state index is 0.311. The number of anilines is 1. The van der Waals surface area contributed by atoms with Crippen LogP contribution in [0.2, 0.25) is 0 Å². The highest BCUT2D eigenvalue weighted by molar-refractivity contribution is 14.1. The second-order valence-electron chi connectivity index (χ2n) is 6.23. The Kier molecular flexibility index (Phi) is 6.13. The minimum atomic E-state index is -0.341. The highest BCUT2D eigenvalue weighted by atomic mass is 127. The van der Waals surface area contributed by atoms with Gasteiger partial charge in [0.2, 0.25) is 0 Å². The molecular weight excluding hydrogens is 441 g/mol. The Morgan fingerprint density at radius 2 is 2.08 bits per heavy atom. The topological polar surface area (TPSA) is 55.6 Å². The van der Waals surface area contributed by atoms with Gasteiger partial charge in [-0.1, -0.05) is 12.1 Å². The molecule has 3 rings (SSSR count). The number of halogens is 1. The van der Waals surface area contributed by atoms with Gasteiger partial charge in [0.1, 0.15) is 5.56 Å². The Hall–Kier alpha value is -2.09. The number of nitrogens with one attached hydrogen (secondary N) is 1. The number of carbonyl (C=O) groups excluding carboxylic acids is 1. The summed E-state index contributed by atoms with van der Waals surface area (Å²) in [4.78, 5) is 12.0. The van der Waals surface area contributed by atoms with E-state index in [1.165, 1.54) is 9.13 Å². The summed E-state index contributed by atoms with van der Waals surface area (Å²) < 4.78 is 8.04. The molecule has 1 atom stereocenters. The van der Waals surface area contributed by atoms with Gasteiger partial charge in [0.05, 0.1) is 18.3 Å². The summed E-state index contributed by atoms with van der Waals surface area (Å²) in [5, 5.41) is 7.72. The third kappa shape index (κ3) is 4.55. The maximum Gasteiger partial charge on any atom is 0.341 e. The molecule has 0 saturated heterocycles. The molecule has 1 unspecified atom stereocenters. The molecule has 0 aliphatic heterocycles. The predicted octanol–water partition coefficient (Wildman–Crippen LogP) is 4.55. The van der Waals surface area contributed by atoms with Crippen molar-refractivity contribution in [2.24, 2.45) is 0 Å². The van der Waals surface area contributed by atoms with Crippen LogP contribution in [0.15, 0.2) is 48.8 Å². The fourth-order valence-corrected chi connectivity index (χ4v) is 3.19. The zero-order chi connectivity index (χ0) is 18.5. The summed E-state index contributed by atoms with van der Waals surface area (Å²) in [5.74, 6) is -0.341. The quantitative estimate of drug-likeness (QED) is 0.413. The lowest BCUT2D eigenvalue weighted by Crippen LogP contribution is -2.16. The van der Waals surface area contributed by atoms with Gasteiger partial charge in [-0.2, -0.15) is 5.10 Å². The number of carbonyl (C=O) groups is 1. The molecule has 3 aromatic rings. The summed E-state index contributed by atoms with van der Waals surface area (Å²) in [6.07, 6.45) is 5.45. The van der Waals surface area contributed by atoms with Crippen LogP contribution in [0.3, 0.4) is 0 Å². The van der Waals surface area contributed by atoms with E-state index in [2.05, 4.69) is 64.2 Å². The molecule has 2 aromatic heterocycles. The van der Waals surface area contributed by atoms with Gasteiger partial charge in [-0.25, -0.2) is 9.31 Å². The first kappa shape index (κ1) is 18.7. The number of hydrogen-bond acceptors (Lipinski definition) is 4. The van der Waals surface area contributed by atoms with Gasteiger partial charge in [0.15, 0.2) is 0 Å². The monoisotopic (exact) mass is 463 g/mol. The number of nitrogens with zero attached hydrogens (tertiary/aromatic N) is 2. The number of aryl methyl sites for hydroxylation is 1. The van der Waals surface area contributed by atoms with E-state index in [0.29, 0.717) is 18.2 Å². The molecule has 0 aliphatic rings. The molecule has 136 valence electrons. The van der Waals surface area contributed by atoms with Crippen molar-refractivity contribution in [2.75, 3.05) is 11.9 Å². The molecule has 0 spiro atoms. The number of aromatic nitrogens is 2. The number of benzene rings is 1. The summed E-state index contributed by atoms with van der Waals surface area (Å²) >= 11 is 2.32. The Bertz CT molecular complexity index is 890. The average molecular weight is 463 g/mol. The maximum atomic E-state index is 12.0. The average Bonchev–Trinajstić information content (AvgIpc) is 3.05. The van der Waals surface area contributed by atoms with Crippen LogP contribution in [0.1, 0.15) is 36.2 Å². The van der Waals surface area contributed by atoms with Crippen LogP contribution in [0.5, 0.6) is 0 Å². The van der Waals surface area contributed by atoms with Crippen LogP contribution in [0.25, 0.3) is 5.52 Å². The highest BCUT2D eigenvalue weighted by Crippen LogP contribution is 2.19. The van der Waals surface area contributed by atoms with E-state index in [0.717, 1.165) is 24.0 Å². The van der Waals surface area contributed by atoms with E-state index in [1.54, 1.807) is 17.6 Å². The number of pyridine rings is 1. The summed E-state index contributed by atoms with van der Waals surface area (Å²) in [6, 6.07) is 12.9. The number of fused-ring (bicyclic) bond motifs is 1. The molecule has 0 saturated carbocycles. The molecule has 2 heterocycles. The van der Waals surface area contributed by atoms with Crippen molar-refractivity contribution < 1.29 is 9.53 Å². The van der Waals surface area contributed by atoms with Crippen molar-refractivity contribution in [3.8, 4) is 0 Å². The summed E-state index contributed by atoms with van der Waals surface area (Å²) in [5.41, 5.74) is 3.55. The van der Waals surface area contributed by atoms with Crippen molar-refractivity contribution in [1.82, 2.24) is 9.61 Å². The summed E-state index contributed by atoms with van der Waals surface area (Å²) in [7, 11) is 0. The summed E-state index contributed by atoms with van der Waals surface area (Å²) in [6.45, 7) is 4.31. The van der Waals surface area contributed by atoms with Crippen LogP contribution in [-0.2, 0) is 11.2 Å². The van der Waals surface area contributed by atoms with E-state index in [1.807, 2.05) is 18.3 Å². The number of hydrogen-bond donors (Lipinski definition) is 1. The zero-order valence-corrected chi connectivity index (χ0v) is 17.1. The van der Waals surface area contributed by atoms with Gasteiger partial charge < -0.3 is 10.1 Å². The first-order chi connectivity index (χ1) is 12.6. The largest absolute Gasteiger partial charge is 0.462 e. The smallest absolute Gasteiger partial charge is 0.341 e. The second kappa shape index (κ2) is 8.53. The van der Waals surface area contributed by atoms with E-state index in [9.17, 15) is 4.79 Å². The molecule has 1 N–H and O–H groups in total. The Labute approximate surface area is 166 Å². The normalized spacial score (nSPS) is 12.1. The number of rotatable bonds is 7. The third-order valence-corrected chi connectivity index (χ3v) is 4.93. The van der Waals surface area contributed by atoms with Gasteiger partial charge in [-0.3, -0.25) is 0 Å². The first-order valence-electron chi connectivity index (χ1n) is 8.72. The van der Waals surface area contributed by atoms with Crippen molar-refractivity contribution >= 4 is 39.8 Å².